The molecular weight excluding hydrogens is 335 g/mol. The van der Waals surface area contributed by atoms with E-state index in [4.69, 9.17) is 0 Å². The van der Waals surface area contributed by atoms with Gasteiger partial charge in [0.25, 0.3) is 0 Å². The van der Waals surface area contributed by atoms with E-state index in [1.54, 1.807) is 0 Å². The highest BCUT2D eigenvalue weighted by atomic mass is 127. The highest BCUT2D eigenvalue weighted by Gasteiger charge is 2.16. The van der Waals surface area contributed by atoms with Crippen molar-refractivity contribution in [2.75, 3.05) is 6.54 Å². The predicted molar refractivity (Wildman–Crippen MR) is 83.7 cm³/mol. The summed E-state index contributed by atoms with van der Waals surface area (Å²) in [5, 5.41) is 3.54. The van der Waals surface area contributed by atoms with E-state index in [0.717, 1.165) is 6.54 Å². The highest BCUT2D eigenvalue weighted by molar-refractivity contribution is 14.1. The van der Waals surface area contributed by atoms with Crippen LogP contribution >= 0.6 is 22.6 Å². The maximum Gasteiger partial charge on any atom is 0.0602 e. The van der Waals surface area contributed by atoms with Gasteiger partial charge in [0.1, 0.15) is 0 Å². The molecule has 2 rings (SSSR count). The molecule has 0 bridgehead atoms. The quantitative estimate of drug-likeness (QED) is 0.849. The number of aromatic nitrogens is 1. The van der Waals surface area contributed by atoms with Gasteiger partial charge in [0.2, 0.25) is 0 Å². The Morgan fingerprint density at radius 2 is 2.11 bits per heavy atom. The maximum atomic E-state index is 4.22. The molecule has 1 heterocycles. The second-order valence-electron chi connectivity index (χ2n) is 4.26. The average molecular weight is 352 g/mol. The zero-order valence-electron chi connectivity index (χ0n) is 10.7. The van der Waals surface area contributed by atoms with Crippen molar-refractivity contribution < 1.29 is 0 Å². The molecule has 1 aromatic heterocycles. The van der Waals surface area contributed by atoms with Crippen molar-refractivity contribution in [1.29, 1.82) is 0 Å². The predicted octanol–water partition coefficient (Wildman–Crippen LogP) is 3.69. The molecule has 1 aromatic carbocycles. The number of benzene rings is 1. The number of hydrogen-bond donors (Lipinski definition) is 1. The van der Waals surface area contributed by atoms with Gasteiger partial charge in [-0.2, -0.15) is 0 Å². The molecule has 2 aromatic rings. The van der Waals surface area contributed by atoms with Gasteiger partial charge in [0.15, 0.2) is 0 Å². The molecule has 0 amide bonds. The van der Waals surface area contributed by atoms with Gasteiger partial charge < -0.3 is 5.32 Å². The molecule has 0 spiro atoms. The summed E-state index contributed by atoms with van der Waals surface area (Å²) >= 11 is 2.43. The molecule has 1 N–H and O–H groups in total. The lowest BCUT2D eigenvalue weighted by Gasteiger charge is -2.20. The molecule has 0 saturated heterocycles. The summed E-state index contributed by atoms with van der Waals surface area (Å²) in [6.45, 7) is 5.22. The third-order valence-electron chi connectivity index (χ3n) is 2.96. The molecule has 3 heteroatoms. The molecule has 1 atom stereocenters. The number of pyridine rings is 1. The molecular formula is C15H17IN2. The summed E-state index contributed by atoms with van der Waals surface area (Å²) < 4.78 is 1.32. The summed E-state index contributed by atoms with van der Waals surface area (Å²) in [6.07, 6.45) is 3.75. The van der Waals surface area contributed by atoms with Gasteiger partial charge >= 0.3 is 0 Å². The summed E-state index contributed by atoms with van der Waals surface area (Å²) in [5.74, 6) is 0. The number of nitrogens with one attached hydrogen (secondary N) is 1. The molecule has 0 aliphatic rings. The Kier molecular flexibility index (Phi) is 4.72. The van der Waals surface area contributed by atoms with E-state index in [1.807, 2.05) is 18.5 Å². The third kappa shape index (κ3) is 2.90. The smallest absolute Gasteiger partial charge is 0.0602 e. The summed E-state index contributed by atoms with van der Waals surface area (Å²) in [5.41, 5.74) is 3.85. The Morgan fingerprint density at radius 1 is 1.28 bits per heavy atom. The Hall–Kier alpha value is -0.940. The minimum Gasteiger partial charge on any atom is -0.306 e. The van der Waals surface area contributed by atoms with E-state index in [-0.39, 0.29) is 6.04 Å². The number of halogens is 1. The van der Waals surface area contributed by atoms with Gasteiger partial charge in [-0.1, -0.05) is 31.2 Å². The van der Waals surface area contributed by atoms with Crippen molar-refractivity contribution in [3.8, 4) is 0 Å². The van der Waals surface area contributed by atoms with E-state index in [2.05, 4.69) is 71.0 Å². The molecule has 0 radical (unpaired) electrons. The number of rotatable bonds is 4. The summed E-state index contributed by atoms with van der Waals surface area (Å²) in [6, 6.07) is 10.8. The topological polar surface area (TPSA) is 24.9 Å². The van der Waals surface area contributed by atoms with E-state index >= 15 is 0 Å². The molecule has 1 unspecified atom stereocenters. The SMILES string of the molecule is CCNC(c1cccnc1)c1cccc(C)c1I. The van der Waals surface area contributed by atoms with E-state index in [1.165, 1.54) is 20.3 Å². The second kappa shape index (κ2) is 6.29. The van der Waals surface area contributed by atoms with Gasteiger partial charge in [-0.3, -0.25) is 4.98 Å². The molecule has 0 fully saturated rings. The van der Waals surface area contributed by atoms with Crippen molar-refractivity contribution in [2.24, 2.45) is 0 Å². The first-order chi connectivity index (χ1) is 8.74. The van der Waals surface area contributed by atoms with Crippen LogP contribution in [0.15, 0.2) is 42.7 Å². The van der Waals surface area contributed by atoms with Crippen LogP contribution in [0.25, 0.3) is 0 Å². The second-order valence-corrected chi connectivity index (χ2v) is 5.33. The van der Waals surface area contributed by atoms with E-state index < -0.39 is 0 Å². The minimum absolute atomic E-state index is 0.218. The van der Waals surface area contributed by atoms with Crippen molar-refractivity contribution in [3.05, 3.63) is 63.0 Å². The standard InChI is InChI=1S/C15H17IN2/c1-3-18-15(12-7-5-9-17-10-12)13-8-4-6-11(2)14(13)16/h4-10,15,18H,3H2,1-2H3. The molecule has 0 aliphatic carbocycles. The van der Waals surface area contributed by atoms with Gasteiger partial charge in [-0.25, -0.2) is 0 Å². The number of aryl methyl sites for hydroxylation is 1. The van der Waals surface area contributed by atoms with Crippen molar-refractivity contribution >= 4 is 22.6 Å². The van der Waals surface area contributed by atoms with Crippen LogP contribution in [0.2, 0.25) is 0 Å². The Bertz CT molecular complexity index is 511. The average Bonchev–Trinajstić information content (AvgIpc) is 2.41. The highest BCUT2D eigenvalue weighted by Crippen LogP contribution is 2.27. The third-order valence-corrected chi connectivity index (χ3v) is 4.43. The van der Waals surface area contributed by atoms with Gasteiger partial charge in [0, 0.05) is 16.0 Å². The molecule has 2 nitrogen and oxygen atoms in total. The first kappa shape index (κ1) is 13.5. The molecule has 18 heavy (non-hydrogen) atoms. The monoisotopic (exact) mass is 352 g/mol. The van der Waals surface area contributed by atoms with Gasteiger partial charge in [0.05, 0.1) is 6.04 Å². The van der Waals surface area contributed by atoms with Gasteiger partial charge in [-0.15, -0.1) is 0 Å². The lowest BCUT2D eigenvalue weighted by atomic mass is 9.98. The summed E-state index contributed by atoms with van der Waals surface area (Å²) in [4.78, 5) is 4.22. The largest absolute Gasteiger partial charge is 0.306 e. The van der Waals surface area contributed by atoms with Crippen LogP contribution in [-0.2, 0) is 0 Å². The van der Waals surface area contributed by atoms with Crippen LogP contribution in [-0.4, -0.2) is 11.5 Å². The number of nitrogens with zero attached hydrogens (tertiary/aromatic N) is 1. The Labute approximate surface area is 122 Å². The molecule has 0 aliphatic heterocycles. The normalized spacial score (nSPS) is 12.4. The Balaban J connectivity index is 2.45. The van der Waals surface area contributed by atoms with Crippen LogP contribution in [0.4, 0.5) is 0 Å². The fraction of sp³-hybridized carbons (Fsp3) is 0.267. The first-order valence-electron chi connectivity index (χ1n) is 6.12. The molecule has 94 valence electrons. The van der Waals surface area contributed by atoms with Crippen LogP contribution in [0, 0.1) is 10.5 Å². The van der Waals surface area contributed by atoms with Crippen LogP contribution in [0.1, 0.15) is 29.7 Å². The van der Waals surface area contributed by atoms with Crippen molar-refractivity contribution in [2.45, 2.75) is 19.9 Å². The maximum absolute atomic E-state index is 4.22. The van der Waals surface area contributed by atoms with E-state index in [9.17, 15) is 0 Å². The van der Waals surface area contributed by atoms with Crippen molar-refractivity contribution in [1.82, 2.24) is 10.3 Å². The van der Waals surface area contributed by atoms with E-state index in [0.29, 0.717) is 0 Å². The Morgan fingerprint density at radius 3 is 2.78 bits per heavy atom. The first-order valence-corrected chi connectivity index (χ1v) is 7.20. The zero-order chi connectivity index (χ0) is 13.0. The minimum atomic E-state index is 0.218. The molecule has 0 saturated carbocycles. The number of hydrogen-bond acceptors (Lipinski definition) is 2. The van der Waals surface area contributed by atoms with Crippen LogP contribution in [0.5, 0.6) is 0 Å². The fourth-order valence-electron chi connectivity index (χ4n) is 2.05. The lowest BCUT2D eigenvalue weighted by molar-refractivity contribution is 0.626. The van der Waals surface area contributed by atoms with Crippen LogP contribution in [0.3, 0.4) is 0 Å². The van der Waals surface area contributed by atoms with Gasteiger partial charge in [-0.05, 0) is 58.8 Å². The summed E-state index contributed by atoms with van der Waals surface area (Å²) in [7, 11) is 0. The zero-order valence-corrected chi connectivity index (χ0v) is 12.8. The fourth-order valence-corrected chi connectivity index (χ4v) is 2.72. The van der Waals surface area contributed by atoms with Crippen LogP contribution < -0.4 is 5.32 Å². The lowest BCUT2D eigenvalue weighted by Crippen LogP contribution is -2.23. The van der Waals surface area contributed by atoms with Crippen molar-refractivity contribution in [3.63, 3.8) is 0 Å².